The maximum atomic E-state index is 11.1. The van der Waals surface area contributed by atoms with Crippen LogP contribution in [0.25, 0.3) is 0 Å². The lowest BCUT2D eigenvalue weighted by Crippen LogP contribution is -2.31. The summed E-state index contributed by atoms with van der Waals surface area (Å²) in [6.45, 7) is 1.94. The fraction of sp³-hybridized carbons (Fsp3) is 0.500. The number of nitriles is 1. The molecule has 0 bridgehead atoms. The van der Waals surface area contributed by atoms with E-state index < -0.39 is 5.97 Å². The third-order valence-electron chi connectivity index (χ3n) is 3.91. The van der Waals surface area contributed by atoms with Gasteiger partial charge in [0, 0.05) is 6.54 Å². The SMILES string of the molecule is N#Cc1ccc(OCCNCC2CCCC2C(=O)O)cc1. The molecule has 0 amide bonds. The molecule has 0 aromatic heterocycles. The van der Waals surface area contributed by atoms with Crippen molar-refractivity contribution in [2.45, 2.75) is 19.3 Å². The van der Waals surface area contributed by atoms with Crippen molar-refractivity contribution >= 4 is 5.97 Å². The highest BCUT2D eigenvalue weighted by Crippen LogP contribution is 2.31. The molecule has 2 atom stereocenters. The summed E-state index contributed by atoms with van der Waals surface area (Å²) >= 11 is 0. The van der Waals surface area contributed by atoms with Crippen molar-refractivity contribution in [1.29, 1.82) is 5.26 Å². The largest absolute Gasteiger partial charge is 0.492 e. The van der Waals surface area contributed by atoms with Gasteiger partial charge in [-0.2, -0.15) is 5.26 Å². The van der Waals surface area contributed by atoms with Crippen LogP contribution in [0.2, 0.25) is 0 Å². The van der Waals surface area contributed by atoms with Crippen molar-refractivity contribution in [1.82, 2.24) is 5.32 Å². The first kappa shape index (κ1) is 15.3. The number of hydrogen-bond donors (Lipinski definition) is 2. The summed E-state index contributed by atoms with van der Waals surface area (Å²) in [5, 5.41) is 21.1. The summed E-state index contributed by atoms with van der Waals surface area (Å²) in [4.78, 5) is 11.1. The van der Waals surface area contributed by atoms with Gasteiger partial charge in [0.15, 0.2) is 0 Å². The molecule has 1 aromatic carbocycles. The third kappa shape index (κ3) is 4.47. The van der Waals surface area contributed by atoms with Crippen molar-refractivity contribution in [3.8, 4) is 11.8 Å². The lowest BCUT2D eigenvalue weighted by molar-refractivity contribution is -0.142. The predicted octanol–water partition coefficient (Wildman–Crippen LogP) is 2.03. The third-order valence-corrected chi connectivity index (χ3v) is 3.91. The van der Waals surface area contributed by atoms with Crippen molar-refractivity contribution in [3.63, 3.8) is 0 Å². The lowest BCUT2D eigenvalue weighted by atomic mass is 9.96. The van der Waals surface area contributed by atoms with Crippen LogP contribution in [0.1, 0.15) is 24.8 Å². The van der Waals surface area contributed by atoms with Crippen LogP contribution in [0.5, 0.6) is 5.75 Å². The molecule has 112 valence electrons. The highest BCUT2D eigenvalue weighted by Gasteiger charge is 2.32. The molecule has 5 nitrogen and oxygen atoms in total. The minimum Gasteiger partial charge on any atom is -0.492 e. The van der Waals surface area contributed by atoms with E-state index in [9.17, 15) is 4.79 Å². The molecule has 0 heterocycles. The summed E-state index contributed by atoms with van der Waals surface area (Å²) in [5.74, 6) is 0.0996. The maximum absolute atomic E-state index is 11.1. The smallest absolute Gasteiger partial charge is 0.306 e. The monoisotopic (exact) mass is 288 g/mol. The van der Waals surface area contributed by atoms with Crippen LogP contribution in [-0.4, -0.2) is 30.8 Å². The number of benzene rings is 1. The van der Waals surface area contributed by atoms with E-state index in [-0.39, 0.29) is 11.8 Å². The number of nitrogens with one attached hydrogen (secondary N) is 1. The minimum atomic E-state index is -0.673. The Morgan fingerprint density at radius 2 is 2.14 bits per heavy atom. The van der Waals surface area contributed by atoms with E-state index in [4.69, 9.17) is 15.1 Å². The maximum Gasteiger partial charge on any atom is 0.306 e. The van der Waals surface area contributed by atoms with Crippen LogP contribution in [0.3, 0.4) is 0 Å². The topological polar surface area (TPSA) is 82.3 Å². The molecule has 0 aliphatic heterocycles. The van der Waals surface area contributed by atoms with E-state index in [1.807, 2.05) is 0 Å². The van der Waals surface area contributed by atoms with Crippen LogP contribution in [-0.2, 0) is 4.79 Å². The second kappa shape index (κ2) is 7.65. The number of carboxylic acid groups (broad SMARTS) is 1. The molecule has 1 aromatic rings. The Balaban J connectivity index is 1.63. The second-order valence-corrected chi connectivity index (χ2v) is 5.32. The van der Waals surface area contributed by atoms with Crippen molar-refractivity contribution < 1.29 is 14.6 Å². The summed E-state index contributed by atoms with van der Waals surface area (Å²) in [5.41, 5.74) is 0.612. The average Bonchev–Trinajstić information content (AvgIpc) is 2.96. The number of rotatable bonds is 7. The minimum absolute atomic E-state index is 0.197. The Kier molecular flexibility index (Phi) is 5.59. The van der Waals surface area contributed by atoms with Crippen LogP contribution in [0.4, 0.5) is 0 Å². The quantitative estimate of drug-likeness (QED) is 0.750. The van der Waals surface area contributed by atoms with Gasteiger partial charge >= 0.3 is 5.97 Å². The van der Waals surface area contributed by atoms with Gasteiger partial charge in [-0.25, -0.2) is 0 Å². The van der Waals surface area contributed by atoms with E-state index in [2.05, 4.69) is 11.4 Å². The molecular weight excluding hydrogens is 268 g/mol. The summed E-state index contributed by atoms with van der Waals surface area (Å²) in [6.07, 6.45) is 2.79. The van der Waals surface area contributed by atoms with Gasteiger partial charge < -0.3 is 15.2 Å². The number of carboxylic acids is 1. The van der Waals surface area contributed by atoms with Gasteiger partial charge in [0.1, 0.15) is 12.4 Å². The summed E-state index contributed by atoms with van der Waals surface area (Å²) < 4.78 is 5.56. The lowest BCUT2D eigenvalue weighted by Gasteiger charge is -2.16. The van der Waals surface area contributed by atoms with E-state index in [1.165, 1.54) is 0 Å². The van der Waals surface area contributed by atoms with Crippen LogP contribution in [0.15, 0.2) is 24.3 Å². The van der Waals surface area contributed by atoms with Gasteiger partial charge in [-0.3, -0.25) is 4.79 Å². The first-order valence-corrected chi connectivity index (χ1v) is 7.27. The van der Waals surface area contributed by atoms with Crippen molar-refractivity contribution in [2.75, 3.05) is 19.7 Å². The molecule has 5 heteroatoms. The summed E-state index contributed by atoms with van der Waals surface area (Å²) in [7, 11) is 0. The molecule has 2 N–H and O–H groups in total. The molecule has 0 spiro atoms. The van der Waals surface area contributed by atoms with Gasteiger partial charge in [0.25, 0.3) is 0 Å². The zero-order valence-electron chi connectivity index (χ0n) is 11.9. The number of ether oxygens (including phenoxy) is 1. The molecule has 1 aliphatic carbocycles. The summed E-state index contributed by atoms with van der Waals surface area (Å²) in [6, 6.07) is 9.05. The van der Waals surface area contributed by atoms with Gasteiger partial charge in [0.05, 0.1) is 17.6 Å². The van der Waals surface area contributed by atoms with Crippen LogP contribution < -0.4 is 10.1 Å². The molecule has 21 heavy (non-hydrogen) atoms. The Bertz CT molecular complexity index is 507. The fourth-order valence-corrected chi connectivity index (χ4v) is 2.76. The van der Waals surface area contributed by atoms with Crippen molar-refractivity contribution in [3.05, 3.63) is 29.8 Å². The predicted molar refractivity (Wildman–Crippen MR) is 78.0 cm³/mol. The van der Waals surface area contributed by atoms with Crippen molar-refractivity contribution in [2.24, 2.45) is 11.8 Å². The molecule has 1 saturated carbocycles. The van der Waals surface area contributed by atoms with Gasteiger partial charge in [-0.15, -0.1) is 0 Å². The van der Waals surface area contributed by atoms with Gasteiger partial charge in [-0.05, 0) is 49.6 Å². The number of aliphatic carboxylic acids is 1. The fourth-order valence-electron chi connectivity index (χ4n) is 2.76. The Morgan fingerprint density at radius 1 is 1.38 bits per heavy atom. The standard InChI is InChI=1S/C16H20N2O3/c17-10-12-4-6-14(7-5-12)21-9-8-18-11-13-2-1-3-15(13)16(19)20/h4-7,13,15,18H,1-3,8-9,11H2,(H,19,20). The van der Waals surface area contributed by atoms with Gasteiger partial charge in [0.2, 0.25) is 0 Å². The molecule has 2 rings (SSSR count). The molecule has 1 aliphatic rings. The Morgan fingerprint density at radius 3 is 2.81 bits per heavy atom. The average molecular weight is 288 g/mol. The van der Waals surface area contributed by atoms with Gasteiger partial charge in [-0.1, -0.05) is 6.42 Å². The zero-order valence-corrected chi connectivity index (χ0v) is 11.9. The first-order valence-electron chi connectivity index (χ1n) is 7.27. The van der Waals surface area contributed by atoms with E-state index in [0.717, 1.165) is 31.6 Å². The highest BCUT2D eigenvalue weighted by molar-refractivity contribution is 5.70. The highest BCUT2D eigenvalue weighted by atomic mass is 16.5. The number of carbonyl (C=O) groups is 1. The van der Waals surface area contributed by atoms with Crippen LogP contribution >= 0.6 is 0 Å². The number of hydrogen-bond acceptors (Lipinski definition) is 4. The molecule has 0 radical (unpaired) electrons. The first-order chi connectivity index (χ1) is 10.2. The molecular formula is C16H20N2O3. The number of nitrogens with zero attached hydrogens (tertiary/aromatic N) is 1. The van der Waals surface area contributed by atoms with E-state index in [1.54, 1.807) is 24.3 Å². The van der Waals surface area contributed by atoms with Crippen LogP contribution in [0, 0.1) is 23.2 Å². The molecule has 2 unspecified atom stereocenters. The normalized spacial score (nSPS) is 20.9. The van der Waals surface area contributed by atoms with E-state index >= 15 is 0 Å². The Labute approximate surface area is 124 Å². The molecule has 0 saturated heterocycles. The van der Waals surface area contributed by atoms with E-state index in [0.29, 0.717) is 18.7 Å². The second-order valence-electron chi connectivity index (χ2n) is 5.32. The zero-order chi connectivity index (χ0) is 15.1. The Hall–Kier alpha value is -2.06. The molecule has 1 fully saturated rings.